The van der Waals surface area contributed by atoms with E-state index in [2.05, 4.69) is 0 Å². The monoisotopic (exact) mass is 329 g/mol. The highest BCUT2D eigenvalue weighted by Gasteiger charge is 2.31. The number of carbonyl (C=O) groups is 1. The van der Waals surface area contributed by atoms with Crippen molar-refractivity contribution in [3.05, 3.63) is 29.3 Å². The molecule has 8 heteroatoms. The van der Waals surface area contributed by atoms with Gasteiger partial charge in [0.2, 0.25) is 5.91 Å². The quantitative estimate of drug-likeness (QED) is 0.769. The van der Waals surface area contributed by atoms with E-state index in [0.717, 1.165) is 11.3 Å². The maximum Gasteiger partial charge on any atom is 0.248 e. The number of thioether (sulfide) groups is 1. The number of rotatable bonds is 4. The fraction of sp³-hybridized carbons (Fsp3) is 0.462. The molecule has 0 bridgehead atoms. The number of anilines is 1. The molecule has 2 rings (SSSR count). The minimum absolute atomic E-state index is 0.352. The van der Waals surface area contributed by atoms with Crippen LogP contribution in [0.5, 0.6) is 0 Å². The van der Waals surface area contributed by atoms with Gasteiger partial charge in [0.15, 0.2) is 9.84 Å². The van der Waals surface area contributed by atoms with Crippen LogP contribution in [0.3, 0.4) is 0 Å². The van der Waals surface area contributed by atoms with E-state index in [1.807, 2.05) is 4.90 Å². The average molecular weight is 329 g/mol. The molecule has 21 heavy (non-hydrogen) atoms. The van der Waals surface area contributed by atoms with Crippen LogP contribution in [0.2, 0.25) is 0 Å². The highest BCUT2D eigenvalue weighted by Crippen LogP contribution is 2.24. The van der Waals surface area contributed by atoms with Crippen molar-refractivity contribution in [2.75, 3.05) is 30.0 Å². The minimum Gasteiger partial charge on any atom is -0.398 e. The van der Waals surface area contributed by atoms with E-state index in [1.54, 1.807) is 23.9 Å². The Morgan fingerprint density at radius 3 is 2.76 bits per heavy atom. The Hall–Kier alpha value is -1.25. The minimum atomic E-state index is -3.14. The number of nitrogen functional groups attached to an aromatic ring is 1. The van der Waals surface area contributed by atoms with E-state index in [4.69, 9.17) is 11.5 Å². The van der Waals surface area contributed by atoms with Crippen molar-refractivity contribution in [3.63, 3.8) is 0 Å². The lowest BCUT2D eigenvalue weighted by Gasteiger charge is -2.34. The highest BCUT2D eigenvalue weighted by atomic mass is 32.2. The summed E-state index contributed by atoms with van der Waals surface area (Å²) in [6.07, 6.45) is 1.26. The van der Waals surface area contributed by atoms with Crippen LogP contribution >= 0.6 is 11.8 Å². The van der Waals surface area contributed by atoms with Crippen LogP contribution in [0, 0.1) is 0 Å². The van der Waals surface area contributed by atoms with Crippen LogP contribution in [0.15, 0.2) is 18.2 Å². The fourth-order valence-electron chi connectivity index (χ4n) is 2.30. The van der Waals surface area contributed by atoms with E-state index >= 15 is 0 Å². The normalized spacial score (nSPS) is 20.3. The molecule has 0 aliphatic carbocycles. The van der Waals surface area contributed by atoms with Gasteiger partial charge in [-0.15, -0.1) is 0 Å². The summed E-state index contributed by atoms with van der Waals surface area (Å²) < 4.78 is 23.7. The molecule has 1 atom stereocenters. The lowest BCUT2D eigenvalue weighted by molar-refractivity contribution is 0.100. The van der Waals surface area contributed by atoms with Gasteiger partial charge >= 0.3 is 0 Å². The summed E-state index contributed by atoms with van der Waals surface area (Å²) >= 11 is 1.64. The van der Waals surface area contributed by atoms with Crippen LogP contribution in [0.4, 0.5) is 5.69 Å². The van der Waals surface area contributed by atoms with Crippen molar-refractivity contribution >= 4 is 33.2 Å². The van der Waals surface area contributed by atoms with Gasteiger partial charge in [-0.2, -0.15) is 11.8 Å². The predicted octanol–water partition coefficient (Wildman–Crippen LogP) is 0.287. The first-order chi connectivity index (χ1) is 9.79. The van der Waals surface area contributed by atoms with Gasteiger partial charge in [-0.05, 0) is 17.7 Å². The Labute approximate surface area is 128 Å². The summed E-state index contributed by atoms with van der Waals surface area (Å²) in [7, 11) is -3.14. The summed E-state index contributed by atoms with van der Waals surface area (Å²) in [6, 6.07) is 4.88. The summed E-state index contributed by atoms with van der Waals surface area (Å²) in [5.41, 5.74) is 12.8. The van der Waals surface area contributed by atoms with Crippen molar-refractivity contribution in [1.29, 1.82) is 0 Å². The smallest absolute Gasteiger partial charge is 0.248 e. The summed E-state index contributed by atoms with van der Waals surface area (Å²) in [6.45, 7) is 1.14. The van der Waals surface area contributed by atoms with Crippen LogP contribution in [-0.4, -0.2) is 48.9 Å². The van der Waals surface area contributed by atoms with Crippen LogP contribution in [-0.2, 0) is 16.4 Å². The first kappa shape index (κ1) is 16.1. The molecule has 116 valence electrons. The summed E-state index contributed by atoms with van der Waals surface area (Å²) in [5, 5.41) is -0.494. The van der Waals surface area contributed by atoms with Gasteiger partial charge in [0.05, 0.1) is 0 Å². The van der Waals surface area contributed by atoms with E-state index in [-0.39, 0.29) is 0 Å². The SMILES string of the molecule is CS(=O)(=O)C1CSCCN1Cc1ccc(C(N)=O)cc1N. The highest BCUT2D eigenvalue weighted by molar-refractivity contribution is 8.00. The Bertz CT molecular complexity index is 646. The van der Waals surface area contributed by atoms with Gasteiger partial charge in [0, 0.05) is 42.1 Å². The second-order valence-electron chi connectivity index (χ2n) is 5.11. The van der Waals surface area contributed by atoms with Crippen molar-refractivity contribution in [2.45, 2.75) is 11.9 Å². The topological polar surface area (TPSA) is 106 Å². The molecule has 1 heterocycles. The molecule has 0 saturated carbocycles. The largest absolute Gasteiger partial charge is 0.398 e. The van der Waals surface area contributed by atoms with Crippen molar-refractivity contribution in [2.24, 2.45) is 5.73 Å². The molecule has 0 spiro atoms. The molecule has 1 aromatic rings. The molecule has 0 aromatic heterocycles. The third-order valence-electron chi connectivity index (χ3n) is 3.49. The number of primary amides is 1. The van der Waals surface area contributed by atoms with Crippen LogP contribution in [0.1, 0.15) is 15.9 Å². The first-order valence-electron chi connectivity index (χ1n) is 6.48. The molecular weight excluding hydrogens is 310 g/mol. The van der Waals surface area contributed by atoms with Crippen LogP contribution < -0.4 is 11.5 Å². The molecule has 1 unspecified atom stereocenters. The van der Waals surface area contributed by atoms with Gasteiger partial charge in [-0.3, -0.25) is 9.69 Å². The number of sulfone groups is 1. The zero-order valence-electron chi connectivity index (χ0n) is 11.8. The number of carbonyl (C=O) groups excluding carboxylic acids is 1. The van der Waals surface area contributed by atoms with E-state index < -0.39 is 21.1 Å². The Balaban J connectivity index is 2.22. The van der Waals surface area contributed by atoms with E-state index in [9.17, 15) is 13.2 Å². The molecule has 1 saturated heterocycles. The predicted molar refractivity (Wildman–Crippen MR) is 85.7 cm³/mol. The number of benzene rings is 1. The molecule has 0 radical (unpaired) electrons. The van der Waals surface area contributed by atoms with E-state index in [1.165, 1.54) is 12.3 Å². The zero-order chi connectivity index (χ0) is 15.6. The number of hydrogen-bond acceptors (Lipinski definition) is 6. The molecule has 1 aliphatic rings. The Morgan fingerprint density at radius 1 is 1.48 bits per heavy atom. The number of amides is 1. The average Bonchev–Trinajstić information content (AvgIpc) is 2.40. The molecule has 1 fully saturated rings. The standard InChI is InChI=1S/C13H19N3O3S2/c1-21(18,19)12-8-20-5-4-16(12)7-10-3-2-9(13(15)17)6-11(10)14/h2-3,6,12H,4-5,7-8,14H2,1H3,(H2,15,17). The van der Waals surface area contributed by atoms with E-state index in [0.29, 0.717) is 30.1 Å². The van der Waals surface area contributed by atoms with Gasteiger partial charge in [0.1, 0.15) is 5.37 Å². The molecule has 1 amide bonds. The number of hydrogen-bond donors (Lipinski definition) is 2. The molecular formula is C13H19N3O3S2. The second kappa shape index (κ2) is 6.25. The third-order valence-corrected chi connectivity index (χ3v) is 6.18. The lowest BCUT2D eigenvalue weighted by atomic mass is 10.1. The summed E-state index contributed by atoms with van der Waals surface area (Å²) in [4.78, 5) is 13.0. The lowest BCUT2D eigenvalue weighted by Crippen LogP contribution is -2.46. The molecule has 1 aromatic carbocycles. The maximum atomic E-state index is 11.9. The first-order valence-corrected chi connectivity index (χ1v) is 9.59. The Morgan fingerprint density at radius 2 is 2.19 bits per heavy atom. The molecule has 4 N–H and O–H groups in total. The maximum absolute atomic E-state index is 11.9. The number of nitrogens with zero attached hydrogens (tertiary/aromatic N) is 1. The van der Waals surface area contributed by atoms with Crippen molar-refractivity contribution in [3.8, 4) is 0 Å². The Kier molecular flexibility index (Phi) is 4.80. The molecule has 1 aliphatic heterocycles. The van der Waals surface area contributed by atoms with Crippen molar-refractivity contribution < 1.29 is 13.2 Å². The third kappa shape index (κ3) is 3.90. The van der Waals surface area contributed by atoms with Gasteiger partial charge < -0.3 is 11.5 Å². The second-order valence-corrected chi connectivity index (χ2v) is 8.46. The van der Waals surface area contributed by atoms with Crippen LogP contribution in [0.25, 0.3) is 0 Å². The fourth-order valence-corrected chi connectivity index (χ4v) is 5.24. The molecule has 6 nitrogen and oxygen atoms in total. The zero-order valence-corrected chi connectivity index (χ0v) is 13.4. The van der Waals surface area contributed by atoms with Gasteiger partial charge in [-0.1, -0.05) is 6.07 Å². The number of nitrogens with two attached hydrogens (primary N) is 2. The van der Waals surface area contributed by atoms with Gasteiger partial charge in [-0.25, -0.2) is 8.42 Å². The summed E-state index contributed by atoms with van der Waals surface area (Å²) in [5.74, 6) is 0.931. The van der Waals surface area contributed by atoms with Crippen molar-refractivity contribution in [1.82, 2.24) is 4.90 Å². The van der Waals surface area contributed by atoms with Gasteiger partial charge in [0.25, 0.3) is 0 Å².